The number of carbonyl (C=O) groups is 1. The van der Waals surface area contributed by atoms with E-state index >= 15 is 0 Å². The molecule has 0 bridgehead atoms. The third-order valence-corrected chi connectivity index (χ3v) is 6.20. The fourth-order valence-electron chi connectivity index (χ4n) is 3.58. The number of benzene rings is 2. The van der Waals surface area contributed by atoms with Gasteiger partial charge in [-0.05, 0) is 18.2 Å². The average Bonchev–Trinajstić information content (AvgIpc) is 3.16. The van der Waals surface area contributed by atoms with Crippen LogP contribution in [0.25, 0.3) is 10.2 Å². The molecule has 0 aliphatic carbocycles. The summed E-state index contributed by atoms with van der Waals surface area (Å²) in [5, 5.41) is 15.2. The number of nitro groups is 1. The number of fused-ring (bicyclic) bond motifs is 1. The van der Waals surface area contributed by atoms with Crippen molar-refractivity contribution in [1.29, 1.82) is 0 Å². The predicted octanol–water partition coefficient (Wildman–Crippen LogP) is 3.35. The molecule has 8 nitrogen and oxygen atoms in total. The number of amides is 1. The number of hydrogen-bond donors (Lipinski definition) is 1. The van der Waals surface area contributed by atoms with E-state index < -0.39 is 4.92 Å². The summed E-state index contributed by atoms with van der Waals surface area (Å²) in [6.45, 7) is 4.19. The van der Waals surface area contributed by atoms with Crippen LogP contribution in [0, 0.1) is 10.1 Å². The number of piperazine rings is 1. The number of rotatable bonds is 7. The Kier molecular flexibility index (Phi) is 6.20. The van der Waals surface area contributed by atoms with Crippen LogP contribution in [0.15, 0.2) is 48.5 Å². The molecule has 0 spiro atoms. The van der Waals surface area contributed by atoms with Crippen molar-refractivity contribution in [1.82, 2.24) is 14.8 Å². The molecular weight excluding hydrogens is 402 g/mol. The van der Waals surface area contributed by atoms with E-state index in [1.807, 2.05) is 23.1 Å². The second-order valence-corrected chi connectivity index (χ2v) is 8.30. The molecule has 1 aromatic heterocycles. The molecule has 0 unspecified atom stereocenters. The highest BCUT2D eigenvalue weighted by Gasteiger charge is 2.22. The molecule has 0 radical (unpaired) electrons. The lowest BCUT2D eigenvalue weighted by molar-refractivity contribution is -0.384. The first kappa shape index (κ1) is 20.2. The molecule has 1 aliphatic heterocycles. The van der Waals surface area contributed by atoms with Gasteiger partial charge in [0.05, 0.1) is 21.7 Å². The van der Waals surface area contributed by atoms with Gasteiger partial charge >= 0.3 is 0 Å². The Morgan fingerprint density at radius 1 is 1.10 bits per heavy atom. The lowest BCUT2D eigenvalue weighted by Crippen LogP contribution is -2.48. The first-order valence-corrected chi connectivity index (χ1v) is 10.7. The minimum atomic E-state index is -0.422. The smallest absolute Gasteiger partial charge is 0.292 e. The Morgan fingerprint density at radius 2 is 1.83 bits per heavy atom. The van der Waals surface area contributed by atoms with Gasteiger partial charge in [-0.2, -0.15) is 0 Å². The Morgan fingerprint density at radius 3 is 2.60 bits per heavy atom. The summed E-state index contributed by atoms with van der Waals surface area (Å²) in [6.07, 6.45) is 0.309. The number of hydrogen-bond acceptors (Lipinski definition) is 7. The maximum absolute atomic E-state index is 12.5. The standard InChI is InChI=1S/C21H23N5O3S/c27-21(9-10-22-16-5-1-3-7-18(16)26(28)29)25-13-11-24(12-14-25)15-20-23-17-6-2-4-8-19(17)30-20/h1-8,22H,9-15H2. The van der Waals surface area contributed by atoms with Crippen LogP contribution >= 0.6 is 11.3 Å². The molecule has 1 aliphatic rings. The van der Waals surface area contributed by atoms with E-state index in [1.165, 1.54) is 10.8 Å². The van der Waals surface area contributed by atoms with Gasteiger partial charge in [0, 0.05) is 45.2 Å². The summed E-state index contributed by atoms with van der Waals surface area (Å²) < 4.78 is 1.20. The molecule has 156 valence electrons. The molecule has 1 N–H and O–H groups in total. The normalized spacial score (nSPS) is 14.7. The number of nitro benzene ring substituents is 1. The lowest BCUT2D eigenvalue weighted by atomic mass is 10.2. The highest BCUT2D eigenvalue weighted by atomic mass is 32.1. The first-order valence-electron chi connectivity index (χ1n) is 9.92. The van der Waals surface area contributed by atoms with Crippen molar-refractivity contribution in [3.63, 3.8) is 0 Å². The summed E-state index contributed by atoms with van der Waals surface area (Å²) in [4.78, 5) is 32.0. The van der Waals surface area contributed by atoms with Crippen molar-refractivity contribution < 1.29 is 9.72 Å². The van der Waals surface area contributed by atoms with Crippen LogP contribution in [-0.2, 0) is 11.3 Å². The van der Waals surface area contributed by atoms with E-state index in [0.29, 0.717) is 31.7 Å². The molecule has 0 atom stereocenters. The van der Waals surface area contributed by atoms with Crippen molar-refractivity contribution in [2.24, 2.45) is 0 Å². The maximum atomic E-state index is 12.5. The average molecular weight is 426 g/mol. The van der Waals surface area contributed by atoms with Crippen molar-refractivity contribution in [2.75, 3.05) is 38.0 Å². The number of nitrogens with one attached hydrogen (secondary N) is 1. The number of para-hydroxylation sites is 3. The Balaban J connectivity index is 1.23. The van der Waals surface area contributed by atoms with Crippen LogP contribution < -0.4 is 5.32 Å². The Hall–Kier alpha value is -3.04. The summed E-state index contributed by atoms with van der Waals surface area (Å²) in [6, 6.07) is 14.6. The molecule has 2 aromatic carbocycles. The zero-order valence-corrected chi connectivity index (χ0v) is 17.3. The SMILES string of the molecule is O=C(CCNc1ccccc1[N+](=O)[O-])N1CCN(Cc2nc3ccccc3s2)CC1. The molecule has 1 saturated heterocycles. The Bertz CT molecular complexity index is 1010. The Labute approximate surface area is 178 Å². The van der Waals surface area contributed by atoms with E-state index in [-0.39, 0.29) is 11.6 Å². The fraction of sp³-hybridized carbons (Fsp3) is 0.333. The summed E-state index contributed by atoms with van der Waals surface area (Å²) >= 11 is 1.72. The van der Waals surface area contributed by atoms with Crippen LogP contribution in [0.5, 0.6) is 0 Å². The molecular formula is C21H23N5O3S. The van der Waals surface area contributed by atoms with Gasteiger partial charge in [-0.3, -0.25) is 19.8 Å². The molecule has 4 rings (SSSR count). The van der Waals surface area contributed by atoms with Crippen LogP contribution in [0.3, 0.4) is 0 Å². The van der Waals surface area contributed by atoms with Crippen molar-refractivity contribution in [3.05, 3.63) is 63.7 Å². The van der Waals surface area contributed by atoms with Crippen LogP contribution in [0.2, 0.25) is 0 Å². The van der Waals surface area contributed by atoms with Crippen molar-refractivity contribution in [2.45, 2.75) is 13.0 Å². The van der Waals surface area contributed by atoms with E-state index in [0.717, 1.165) is 30.2 Å². The maximum Gasteiger partial charge on any atom is 0.292 e. The number of carbonyl (C=O) groups excluding carboxylic acids is 1. The highest BCUT2D eigenvalue weighted by Crippen LogP contribution is 2.24. The van der Waals surface area contributed by atoms with Gasteiger partial charge in [0.2, 0.25) is 5.91 Å². The van der Waals surface area contributed by atoms with Gasteiger partial charge in [0.1, 0.15) is 10.7 Å². The van der Waals surface area contributed by atoms with Crippen molar-refractivity contribution in [3.8, 4) is 0 Å². The lowest BCUT2D eigenvalue weighted by Gasteiger charge is -2.34. The fourth-order valence-corrected chi connectivity index (χ4v) is 4.59. The van der Waals surface area contributed by atoms with Gasteiger partial charge in [-0.25, -0.2) is 4.98 Å². The monoisotopic (exact) mass is 425 g/mol. The quantitative estimate of drug-likeness (QED) is 0.461. The minimum absolute atomic E-state index is 0.0217. The van der Waals surface area contributed by atoms with E-state index in [9.17, 15) is 14.9 Å². The van der Waals surface area contributed by atoms with Gasteiger partial charge in [0.15, 0.2) is 0 Å². The largest absolute Gasteiger partial charge is 0.379 e. The van der Waals surface area contributed by atoms with E-state index in [1.54, 1.807) is 29.5 Å². The minimum Gasteiger partial charge on any atom is -0.379 e. The number of nitrogens with zero attached hydrogens (tertiary/aromatic N) is 4. The third-order valence-electron chi connectivity index (χ3n) is 5.18. The van der Waals surface area contributed by atoms with E-state index in [2.05, 4.69) is 21.3 Å². The topological polar surface area (TPSA) is 91.6 Å². The molecule has 1 fully saturated rings. The molecule has 9 heteroatoms. The zero-order chi connectivity index (χ0) is 20.9. The van der Waals surface area contributed by atoms with E-state index in [4.69, 9.17) is 0 Å². The summed E-state index contributed by atoms with van der Waals surface area (Å²) in [5.74, 6) is 0.0701. The molecule has 0 saturated carbocycles. The van der Waals surface area contributed by atoms with Crippen LogP contribution in [0.1, 0.15) is 11.4 Å². The third kappa shape index (κ3) is 4.74. The second kappa shape index (κ2) is 9.19. The summed E-state index contributed by atoms with van der Waals surface area (Å²) in [7, 11) is 0. The van der Waals surface area contributed by atoms with Crippen molar-refractivity contribution >= 4 is 38.8 Å². The molecule has 3 aromatic rings. The predicted molar refractivity (Wildman–Crippen MR) is 118 cm³/mol. The van der Waals surface area contributed by atoms with Gasteiger partial charge in [-0.15, -0.1) is 11.3 Å². The van der Waals surface area contributed by atoms with Crippen LogP contribution in [0.4, 0.5) is 11.4 Å². The number of thiazole rings is 1. The van der Waals surface area contributed by atoms with Gasteiger partial charge in [0.25, 0.3) is 5.69 Å². The van der Waals surface area contributed by atoms with Gasteiger partial charge < -0.3 is 10.2 Å². The first-order chi connectivity index (χ1) is 14.6. The van der Waals surface area contributed by atoms with Crippen LogP contribution in [-0.4, -0.2) is 58.3 Å². The van der Waals surface area contributed by atoms with Gasteiger partial charge in [-0.1, -0.05) is 24.3 Å². The molecule has 30 heavy (non-hydrogen) atoms. The molecule has 2 heterocycles. The number of aromatic nitrogens is 1. The molecule has 1 amide bonds. The second-order valence-electron chi connectivity index (χ2n) is 7.18. The number of anilines is 1. The highest BCUT2D eigenvalue weighted by molar-refractivity contribution is 7.18. The summed E-state index contributed by atoms with van der Waals surface area (Å²) in [5.41, 5.74) is 1.50. The zero-order valence-electron chi connectivity index (χ0n) is 16.5.